The Hall–Kier alpha value is -2.78. The second-order valence-electron chi connectivity index (χ2n) is 8.07. The minimum atomic E-state index is -4.19. The Labute approximate surface area is 232 Å². The number of likely N-dealkylation sites (N-methyl/N-ethyl adjacent to an activating group) is 1. The molecule has 0 radical (unpaired) electrons. The number of hydrogen-bond donors (Lipinski definition) is 1. The number of amides is 2. The van der Waals surface area contributed by atoms with E-state index in [-0.39, 0.29) is 28.6 Å². The number of carbonyl (C=O) groups excluding carboxylic acids is 2. The second kappa shape index (κ2) is 12.6. The smallest absolute Gasteiger partial charge is 0.264 e. The summed E-state index contributed by atoms with van der Waals surface area (Å²) in [6.07, 6.45) is 0.286. The van der Waals surface area contributed by atoms with Crippen LogP contribution in [0.1, 0.15) is 18.9 Å². The molecule has 3 aromatic carbocycles. The molecule has 2 amide bonds. The topological polar surface area (TPSA) is 86.8 Å². The molecule has 11 heteroatoms. The van der Waals surface area contributed by atoms with Crippen molar-refractivity contribution >= 4 is 62.3 Å². The maximum Gasteiger partial charge on any atom is 0.264 e. The maximum absolute atomic E-state index is 13.8. The van der Waals surface area contributed by atoms with Gasteiger partial charge in [0.1, 0.15) is 12.6 Å². The average Bonchev–Trinajstić information content (AvgIpc) is 2.89. The Bertz CT molecular complexity index is 1370. The Balaban J connectivity index is 2.08. The van der Waals surface area contributed by atoms with Gasteiger partial charge in [0.15, 0.2) is 0 Å². The van der Waals surface area contributed by atoms with E-state index >= 15 is 0 Å². The van der Waals surface area contributed by atoms with Gasteiger partial charge in [-0.2, -0.15) is 0 Å². The molecule has 0 saturated carbocycles. The molecule has 7 nitrogen and oxygen atoms in total. The first-order chi connectivity index (χ1) is 17.6. The Morgan fingerprint density at radius 1 is 0.919 bits per heavy atom. The Morgan fingerprint density at radius 3 is 2.16 bits per heavy atom. The molecular weight excluding hydrogens is 557 g/mol. The van der Waals surface area contributed by atoms with E-state index in [2.05, 4.69) is 5.32 Å². The maximum atomic E-state index is 13.8. The largest absolute Gasteiger partial charge is 0.357 e. The number of carbonyl (C=O) groups is 2. The van der Waals surface area contributed by atoms with Gasteiger partial charge < -0.3 is 10.2 Å². The fraction of sp³-hybridized carbons (Fsp3) is 0.231. The van der Waals surface area contributed by atoms with Crippen molar-refractivity contribution in [1.29, 1.82) is 0 Å². The van der Waals surface area contributed by atoms with Gasteiger partial charge in [-0.05, 0) is 48.4 Å². The van der Waals surface area contributed by atoms with Gasteiger partial charge in [-0.3, -0.25) is 13.9 Å². The van der Waals surface area contributed by atoms with Gasteiger partial charge in [0.2, 0.25) is 11.8 Å². The zero-order valence-corrected chi connectivity index (χ0v) is 23.3. The zero-order valence-electron chi connectivity index (χ0n) is 20.2. The summed E-state index contributed by atoms with van der Waals surface area (Å²) in [6.45, 7) is 1.12. The van der Waals surface area contributed by atoms with Crippen LogP contribution >= 0.6 is 34.8 Å². The van der Waals surface area contributed by atoms with E-state index in [4.69, 9.17) is 34.8 Å². The molecule has 3 rings (SSSR count). The number of sulfonamides is 1. The summed E-state index contributed by atoms with van der Waals surface area (Å²) in [7, 11) is -2.72. The van der Waals surface area contributed by atoms with E-state index in [1.165, 1.54) is 36.2 Å². The van der Waals surface area contributed by atoms with Crippen molar-refractivity contribution in [3.63, 3.8) is 0 Å². The standard InChI is InChI=1S/C26H26Cl3N3O4S/c1-3-23(26(34)30-2)31(16-18-13-14-19(27)15-22(18)29)25(33)17-32(24-12-8-7-11-21(24)28)37(35,36)20-9-5-4-6-10-20/h4-15,23H,3,16-17H2,1-2H3,(H,30,34)/t23-/m1/s1. The first kappa shape index (κ1) is 28.8. The highest BCUT2D eigenvalue weighted by atomic mass is 35.5. The molecule has 37 heavy (non-hydrogen) atoms. The van der Waals surface area contributed by atoms with Crippen molar-refractivity contribution in [3.05, 3.63) is 93.4 Å². The quantitative estimate of drug-likeness (QED) is 0.347. The van der Waals surface area contributed by atoms with Crippen LogP contribution in [0.2, 0.25) is 15.1 Å². The predicted octanol–water partition coefficient (Wildman–Crippen LogP) is 5.40. The molecule has 1 atom stereocenters. The van der Waals surface area contributed by atoms with Gasteiger partial charge in [-0.25, -0.2) is 8.42 Å². The molecular formula is C26H26Cl3N3O4S. The van der Waals surface area contributed by atoms with Gasteiger partial charge in [-0.1, -0.05) is 78.1 Å². The molecule has 0 spiro atoms. The van der Waals surface area contributed by atoms with E-state index in [1.54, 1.807) is 55.5 Å². The van der Waals surface area contributed by atoms with Crippen LogP contribution in [0.15, 0.2) is 77.7 Å². The van der Waals surface area contributed by atoms with Gasteiger partial charge >= 0.3 is 0 Å². The van der Waals surface area contributed by atoms with Crippen LogP contribution in [-0.2, 0) is 26.2 Å². The number of nitrogens with zero attached hydrogens (tertiary/aromatic N) is 2. The summed E-state index contributed by atoms with van der Waals surface area (Å²) in [5.41, 5.74) is 0.691. The lowest BCUT2D eigenvalue weighted by Crippen LogP contribution is -2.51. The first-order valence-corrected chi connectivity index (χ1v) is 13.9. The molecule has 0 unspecified atom stereocenters. The summed E-state index contributed by atoms with van der Waals surface area (Å²) in [4.78, 5) is 27.9. The third kappa shape index (κ3) is 6.76. The van der Waals surface area contributed by atoms with Crippen LogP contribution in [0.25, 0.3) is 0 Å². The third-order valence-corrected chi connectivity index (χ3v) is 8.40. The molecule has 0 heterocycles. The average molecular weight is 583 g/mol. The van der Waals surface area contributed by atoms with Crippen molar-refractivity contribution in [3.8, 4) is 0 Å². The van der Waals surface area contributed by atoms with Crippen LogP contribution in [-0.4, -0.2) is 44.8 Å². The SMILES string of the molecule is CC[C@H](C(=O)NC)N(Cc1ccc(Cl)cc1Cl)C(=O)CN(c1ccccc1Cl)S(=O)(=O)c1ccccc1. The number of benzene rings is 3. The van der Waals surface area contributed by atoms with Crippen LogP contribution < -0.4 is 9.62 Å². The molecule has 0 aliphatic rings. The van der Waals surface area contributed by atoms with Crippen molar-refractivity contribution < 1.29 is 18.0 Å². The lowest BCUT2D eigenvalue weighted by molar-refractivity contribution is -0.140. The molecule has 0 aliphatic carbocycles. The summed E-state index contributed by atoms with van der Waals surface area (Å²) in [5, 5.41) is 3.46. The minimum absolute atomic E-state index is 0.00615. The van der Waals surface area contributed by atoms with E-state index < -0.39 is 34.4 Å². The summed E-state index contributed by atoms with van der Waals surface area (Å²) >= 11 is 18.8. The normalized spacial score (nSPS) is 12.0. The number of para-hydroxylation sites is 1. The van der Waals surface area contributed by atoms with E-state index in [0.717, 1.165) is 4.31 Å². The van der Waals surface area contributed by atoms with Gasteiger partial charge in [0, 0.05) is 23.6 Å². The fourth-order valence-corrected chi connectivity index (χ4v) is 6.02. The van der Waals surface area contributed by atoms with Crippen molar-refractivity contribution in [2.24, 2.45) is 0 Å². The molecule has 196 valence electrons. The predicted molar refractivity (Wildman–Crippen MR) is 148 cm³/mol. The second-order valence-corrected chi connectivity index (χ2v) is 11.2. The molecule has 0 fully saturated rings. The number of anilines is 1. The summed E-state index contributed by atoms with van der Waals surface area (Å²) in [5.74, 6) is -1.00. The molecule has 0 aliphatic heterocycles. The number of hydrogen-bond acceptors (Lipinski definition) is 4. The third-order valence-electron chi connectivity index (χ3n) is 5.72. The van der Waals surface area contributed by atoms with E-state index in [9.17, 15) is 18.0 Å². The summed E-state index contributed by atoms with van der Waals surface area (Å²) in [6, 6.07) is 18.1. The molecule has 0 aromatic heterocycles. The molecule has 1 N–H and O–H groups in total. The Morgan fingerprint density at radius 2 is 1.57 bits per heavy atom. The molecule has 0 bridgehead atoms. The first-order valence-electron chi connectivity index (χ1n) is 11.4. The molecule has 0 saturated heterocycles. The lowest BCUT2D eigenvalue weighted by atomic mass is 10.1. The zero-order chi connectivity index (χ0) is 27.2. The highest BCUT2D eigenvalue weighted by Gasteiger charge is 2.34. The monoisotopic (exact) mass is 581 g/mol. The van der Waals surface area contributed by atoms with Crippen LogP contribution in [0.5, 0.6) is 0 Å². The minimum Gasteiger partial charge on any atom is -0.357 e. The van der Waals surface area contributed by atoms with Gasteiger partial charge in [-0.15, -0.1) is 0 Å². The lowest BCUT2D eigenvalue weighted by Gasteiger charge is -2.33. The van der Waals surface area contributed by atoms with Crippen LogP contribution in [0, 0.1) is 0 Å². The highest BCUT2D eigenvalue weighted by molar-refractivity contribution is 7.92. The van der Waals surface area contributed by atoms with Crippen molar-refractivity contribution in [2.75, 3.05) is 17.9 Å². The summed E-state index contributed by atoms with van der Waals surface area (Å²) < 4.78 is 28.4. The number of nitrogens with one attached hydrogen (secondary N) is 1. The van der Waals surface area contributed by atoms with E-state index in [1.807, 2.05) is 0 Å². The Kier molecular flexibility index (Phi) is 9.84. The van der Waals surface area contributed by atoms with Crippen molar-refractivity contribution in [2.45, 2.75) is 30.8 Å². The molecule has 3 aromatic rings. The van der Waals surface area contributed by atoms with Crippen molar-refractivity contribution in [1.82, 2.24) is 10.2 Å². The van der Waals surface area contributed by atoms with Gasteiger partial charge in [0.05, 0.1) is 15.6 Å². The van der Waals surface area contributed by atoms with Gasteiger partial charge in [0.25, 0.3) is 10.0 Å². The number of halogens is 3. The highest BCUT2D eigenvalue weighted by Crippen LogP contribution is 2.31. The van der Waals surface area contributed by atoms with Crippen LogP contribution in [0.4, 0.5) is 5.69 Å². The van der Waals surface area contributed by atoms with E-state index in [0.29, 0.717) is 15.6 Å². The van der Waals surface area contributed by atoms with Crippen LogP contribution in [0.3, 0.4) is 0 Å². The fourth-order valence-electron chi connectivity index (χ4n) is 3.81. The number of rotatable bonds is 10.